The first-order chi connectivity index (χ1) is 9.24. The molecule has 0 saturated carbocycles. The highest BCUT2D eigenvalue weighted by Crippen LogP contribution is 2.30. The lowest BCUT2D eigenvalue weighted by molar-refractivity contribution is -0.186. The maximum atomic E-state index is 11.1. The number of hydrogen-bond acceptors (Lipinski definition) is 6. The van der Waals surface area contributed by atoms with Gasteiger partial charge >= 0.3 is 5.97 Å². The molecule has 6 nitrogen and oxygen atoms in total. The first-order valence-corrected chi connectivity index (χ1v) is 6.53. The van der Waals surface area contributed by atoms with Gasteiger partial charge in [0.2, 0.25) is 0 Å². The lowest BCUT2D eigenvalue weighted by atomic mass is 10.0. The van der Waals surface area contributed by atoms with Crippen LogP contribution in [0.15, 0.2) is 12.2 Å². The van der Waals surface area contributed by atoms with Crippen LogP contribution in [-0.4, -0.2) is 62.4 Å². The van der Waals surface area contributed by atoms with Gasteiger partial charge in [-0.3, -0.25) is 9.69 Å². The maximum absolute atomic E-state index is 11.1. The number of esters is 1. The molecular weight excluding hydrogens is 250 g/mol. The van der Waals surface area contributed by atoms with Crippen molar-refractivity contribution < 1.29 is 23.8 Å². The normalized spacial score (nSPS) is 22.9. The van der Waals surface area contributed by atoms with Crippen LogP contribution in [0.25, 0.3) is 0 Å². The summed E-state index contributed by atoms with van der Waals surface area (Å²) >= 11 is 0. The summed E-state index contributed by atoms with van der Waals surface area (Å²) < 4.78 is 16.3. The Bertz CT molecular complexity index is 339. The summed E-state index contributed by atoms with van der Waals surface area (Å²) in [7, 11) is 0. The molecule has 6 heteroatoms. The number of rotatable bonds is 5. The van der Waals surface area contributed by atoms with E-state index in [0.29, 0.717) is 32.7 Å². The third kappa shape index (κ3) is 4.12. The van der Waals surface area contributed by atoms with Crippen LogP contribution in [0.1, 0.15) is 12.8 Å². The number of ether oxygens (including phenoxy) is 3. The van der Waals surface area contributed by atoms with E-state index in [4.69, 9.17) is 14.2 Å². The van der Waals surface area contributed by atoms with Crippen molar-refractivity contribution in [1.29, 1.82) is 0 Å². The molecule has 2 saturated heterocycles. The van der Waals surface area contributed by atoms with Crippen molar-refractivity contribution in [2.45, 2.75) is 18.6 Å². The van der Waals surface area contributed by atoms with E-state index in [1.54, 1.807) is 0 Å². The molecule has 0 atom stereocenters. The second-order valence-corrected chi connectivity index (χ2v) is 4.61. The molecule has 0 N–H and O–H groups in total. The minimum Gasteiger partial charge on any atom is -0.461 e. The molecule has 0 bridgehead atoms. The Labute approximate surface area is 112 Å². The van der Waals surface area contributed by atoms with Crippen molar-refractivity contribution in [1.82, 2.24) is 4.90 Å². The predicted molar refractivity (Wildman–Crippen MR) is 66.5 cm³/mol. The summed E-state index contributed by atoms with van der Waals surface area (Å²) in [5, 5.41) is 0. The second-order valence-electron chi connectivity index (χ2n) is 4.61. The van der Waals surface area contributed by atoms with E-state index in [-0.39, 0.29) is 5.79 Å². The number of carbonyl (C=O) groups is 2. The number of likely N-dealkylation sites (tertiary alicyclic amines) is 1. The van der Waals surface area contributed by atoms with E-state index in [0.717, 1.165) is 38.1 Å². The lowest BCUT2D eigenvalue weighted by Gasteiger charge is -2.37. The zero-order valence-electron chi connectivity index (χ0n) is 10.9. The van der Waals surface area contributed by atoms with Crippen LogP contribution in [-0.2, 0) is 23.8 Å². The topological polar surface area (TPSA) is 65.1 Å². The number of hydrogen-bond donors (Lipinski definition) is 0. The zero-order chi connectivity index (χ0) is 13.6. The van der Waals surface area contributed by atoms with Crippen molar-refractivity contribution in [3.05, 3.63) is 12.2 Å². The van der Waals surface area contributed by atoms with Crippen molar-refractivity contribution in [2.24, 2.45) is 0 Å². The van der Waals surface area contributed by atoms with Crippen LogP contribution < -0.4 is 0 Å². The van der Waals surface area contributed by atoms with Gasteiger partial charge in [0.1, 0.15) is 12.9 Å². The van der Waals surface area contributed by atoms with Gasteiger partial charge in [0.05, 0.1) is 13.2 Å². The molecule has 2 heterocycles. The minimum absolute atomic E-state index is 0.330. The highest BCUT2D eigenvalue weighted by atomic mass is 16.7. The monoisotopic (exact) mass is 269 g/mol. The Morgan fingerprint density at radius 2 is 1.95 bits per heavy atom. The van der Waals surface area contributed by atoms with Gasteiger partial charge in [-0.1, -0.05) is 0 Å². The summed E-state index contributed by atoms with van der Waals surface area (Å²) in [4.78, 5) is 23.4. The number of nitrogens with zero attached hydrogens (tertiary/aromatic N) is 1. The standard InChI is InChI=1S/C13H19NO5/c15-8-1-2-12(16)17-9-7-14-5-3-13(4-6-14)18-10-11-19-13/h1-2,8H,3-7,9-11H2/b2-1+. The molecule has 0 amide bonds. The average Bonchev–Trinajstić information content (AvgIpc) is 2.87. The van der Waals surface area contributed by atoms with E-state index in [1.807, 2.05) is 0 Å². The molecule has 19 heavy (non-hydrogen) atoms. The van der Waals surface area contributed by atoms with Crippen LogP contribution in [0.3, 0.4) is 0 Å². The van der Waals surface area contributed by atoms with Crippen molar-refractivity contribution >= 4 is 12.3 Å². The van der Waals surface area contributed by atoms with Gasteiger partial charge in [-0.2, -0.15) is 0 Å². The van der Waals surface area contributed by atoms with Crippen LogP contribution in [0.4, 0.5) is 0 Å². The Balaban J connectivity index is 1.62. The Kier molecular flexibility index (Phi) is 5.07. The van der Waals surface area contributed by atoms with E-state index < -0.39 is 5.97 Å². The maximum Gasteiger partial charge on any atom is 0.330 e. The van der Waals surface area contributed by atoms with Crippen molar-refractivity contribution in [2.75, 3.05) is 39.5 Å². The van der Waals surface area contributed by atoms with Gasteiger partial charge in [0, 0.05) is 38.6 Å². The van der Waals surface area contributed by atoms with E-state index in [1.165, 1.54) is 0 Å². The van der Waals surface area contributed by atoms with Gasteiger partial charge in [-0.15, -0.1) is 0 Å². The summed E-state index contributed by atoms with van der Waals surface area (Å²) in [6.07, 6.45) is 4.51. The number of piperidine rings is 1. The Morgan fingerprint density at radius 3 is 2.58 bits per heavy atom. The molecule has 0 aromatic rings. The van der Waals surface area contributed by atoms with E-state index >= 15 is 0 Å². The lowest BCUT2D eigenvalue weighted by Crippen LogP contribution is -2.46. The molecule has 106 valence electrons. The van der Waals surface area contributed by atoms with Crippen molar-refractivity contribution in [3.63, 3.8) is 0 Å². The van der Waals surface area contributed by atoms with E-state index in [2.05, 4.69) is 4.90 Å². The molecule has 0 radical (unpaired) electrons. The smallest absolute Gasteiger partial charge is 0.330 e. The molecular formula is C13H19NO5. The molecule has 0 unspecified atom stereocenters. The minimum atomic E-state index is -0.483. The third-order valence-electron chi connectivity index (χ3n) is 3.39. The fraction of sp³-hybridized carbons (Fsp3) is 0.692. The summed E-state index contributed by atoms with van der Waals surface area (Å²) in [5.74, 6) is -0.845. The third-order valence-corrected chi connectivity index (χ3v) is 3.39. The average molecular weight is 269 g/mol. The second kappa shape index (κ2) is 6.79. The van der Waals surface area contributed by atoms with Gasteiger partial charge in [-0.05, 0) is 6.08 Å². The fourth-order valence-electron chi connectivity index (χ4n) is 2.34. The highest BCUT2D eigenvalue weighted by molar-refractivity contribution is 5.86. The van der Waals surface area contributed by atoms with Crippen LogP contribution in [0, 0.1) is 0 Å². The summed E-state index contributed by atoms with van der Waals surface area (Å²) in [6.45, 7) is 4.14. The molecule has 0 aromatic carbocycles. The molecule has 2 aliphatic heterocycles. The summed E-state index contributed by atoms with van der Waals surface area (Å²) in [6, 6.07) is 0. The van der Waals surface area contributed by atoms with Crippen LogP contribution >= 0.6 is 0 Å². The molecule has 1 spiro atoms. The number of aldehydes is 1. The Morgan fingerprint density at radius 1 is 1.26 bits per heavy atom. The fourth-order valence-corrected chi connectivity index (χ4v) is 2.34. The van der Waals surface area contributed by atoms with Crippen LogP contribution in [0.2, 0.25) is 0 Å². The van der Waals surface area contributed by atoms with Gasteiger partial charge in [-0.25, -0.2) is 4.79 Å². The molecule has 0 aromatic heterocycles. The number of carbonyl (C=O) groups excluding carboxylic acids is 2. The molecule has 0 aliphatic carbocycles. The first kappa shape index (κ1) is 14.2. The van der Waals surface area contributed by atoms with Gasteiger partial charge in [0.25, 0.3) is 0 Å². The first-order valence-electron chi connectivity index (χ1n) is 6.53. The Hall–Kier alpha value is -1.24. The predicted octanol–water partition coefficient (Wildman–Crippen LogP) is 0.124. The zero-order valence-corrected chi connectivity index (χ0v) is 10.9. The molecule has 2 fully saturated rings. The SMILES string of the molecule is O=C/C=C/C(=O)OCCN1CCC2(CC1)OCCO2. The molecule has 2 rings (SSSR count). The van der Waals surface area contributed by atoms with Gasteiger partial charge < -0.3 is 14.2 Å². The largest absolute Gasteiger partial charge is 0.461 e. The van der Waals surface area contributed by atoms with Crippen LogP contribution in [0.5, 0.6) is 0 Å². The summed E-state index contributed by atoms with van der Waals surface area (Å²) in [5.41, 5.74) is 0. The van der Waals surface area contributed by atoms with E-state index in [9.17, 15) is 9.59 Å². The highest BCUT2D eigenvalue weighted by Gasteiger charge is 2.39. The molecule has 2 aliphatic rings. The quantitative estimate of drug-likeness (QED) is 0.401. The van der Waals surface area contributed by atoms with Crippen molar-refractivity contribution in [3.8, 4) is 0 Å². The number of allylic oxidation sites excluding steroid dienone is 1. The van der Waals surface area contributed by atoms with Gasteiger partial charge in [0.15, 0.2) is 5.79 Å².